The van der Waals surface area contributed by atoms with Crippen LogP contribution in [0.4, 0.5) is 10.1 Å². The second kappa shape index (κ2) is 7.75. The minimum absolute atomic E-state index is 0.166. The topological polar surface area (TPSA) is 79.6 Å². The van der Waals surface area contributed by atoms with Gasteiger partial charge < -0.3 is 10.2 Å². The van der Waals surface area contributed by atoms with Crippen molar-refractivity contribution in [3.05, 3.63) is 84.2 Å². The van der Waals surface area contributed by atoms with E-state index in [2.05, 4.69) is 15.3 Å². The average molecular weight is 403 g/mol. The second-order valence-electron chi connectivity index (χ2n) is 6.64. The van der Waals surface area contributed by atoms with Gasteiger partial charge in [0.2, 0.25) is 0 Å². The molecule has 0 aliphatic rings. The number of rotatable bonds is 4. The molecule has 2 aromatic carbocycles. The molecule has 4 aromatic rings. The summed E-state index contributed by atoms with van der Waals surface area (Å²) in [5.41, 5.74) is 3.50. The van der Waals surface area contributed by atoms with Crippen molar-refractivity contribution in [2.24, 2.45) is 0 Å². The van der Waals surface area contributed by atoms with Crippen LogP contribution in [0.25, 0.3) is 16.9 Å². The maximum absolute atomic E-state index is 13.2. The first kappa shape index (κ1) is 19.3. The van der Waals surface area contributed by atoms with Crippen LogP contribution in [0.1, 0.15) is 20.8 Å². The molecule has 7 nitrogen and oxygen atoms in total. The van der Waals surface area contributed by atoms with E-state index in [-0.39, 0.29) is 23.3 Å². The maximum atomic E-state index is 13.2. The SMILES string of the molecule is CNC(=O)c1ccc(-c2cnc3cnc(C(=O)N(C)c4ccc(F)cc4)cn23)cc1. The fourth-order valence-corrected chi connectivity index (χ4v) is 3.10. The molecule has 0 atom stereocenters. The number of amides is 2. The molecule has 1 N–H and O–H groups in total. The first-order chi connectivity index (χ1) is 14.5. The van der Waals surface area contributed by atoms with Gasteiger partial charge in [-0.05, 0) is 36.4 Å². The Hall–Kier alpha value is -4.07. The summed E-state index contributed by atoms with van der Waals surface area (Å²) < 4.78 is 14.9. The van der Waals surface area contributed by atoms with E-state index in [0.717, 1.165) is 11.3 Å². The maximum Gasteiger partial charge on any atom is 0.278 e. The summed E-state index contributed by atoms with van der Waals surface area (Å²) in [5.74, 6) is -0.872. The normalized spacial score (nSPS) is 10.8. The van der Waals surface area contributed by atoms with Crippen molar-refractivity contribution in [3.8, 4) is 11.3 Å². The predicted molar refractivity (Wildman–Crippen MR) is 111 cm³/mol. The number of nitrogens with one attached hydrogen (secondary N) is 1. The summed E-state index contributed by atoms with van der Waals surface area (Å²) in [5, 5.41) is 2.58. The zero-order chi connectivity index (χ0) is 21.3. The zero-order valence-electron chi connectivity index (χ0n) is 16.3. The number of aromatic nitrogens is 3. The molecule has 2 amide bonds. The molecular formula is C22H18FN5O2. The Kier molecular flexibility index (Phi) is 4.97. The molecule has 30 heavy (non-hydrogen) atoms. The molecule has 0 spiro atoms. The van der Waals surface area contributed by atoms with Crippen LogP contribution in [0, 0.1) is 5.82 Å². The lowest BCUT2D eigenvalue weighted by molar-refractivity contribution is 0.0961. The van der Waals surface area contributed by atoms with Crippen molar-refractivity contribution in [1.29, 1.82) is 0 Å². The van der Waals surface area contributed by atoms with E-state index < -0.39 is 0 Å². The van der Waals surface area contributed by atoms with Crippen molar-refractivity contribution < 1.29 is 14.0 Å². The molecule has 2 heterocycles. The summed E-state index contributed by atoms with van der Waals surface area (Å²) in [6.45, 7) is 0. The molecule has 0 saturated heterocycles. The van der Waals surface area contributed by atoms with Gasteiger partial charge in [-0.1, -0.05) is 12.1 Å². The number of hydrogen-bond acceptors (Lipinski definition) is 4. The molecule has 0 saturated carbocycles. The largest absolute Gasteiger partial charge is 0.355 e. The van der Waals surface area contributed by atoms with Gasteiger partial charge in [0, 0.05) is 37.1 Å². The standard InChI is InChI=1S/C22H18FN5O2/c1-24-21(29)15-5-3-14(4-6-15)19-11-26-20-12-25-18(13-28(19)20)22(30)27(2)17-9-7-16(23)8-10-17/h3-13H,1-2H3,(H,24,29). The highest BCUT2D eigenvalue weighted by molar-refractivity contribution is 6.04. The summed E-state index contributed by atoms with van der Waals surface area (Å²) in [6, 6.07) is 12.7. The fourth-order valence-electron chi connectivity index (χ4n) is 3.10. The Balaban J connectivity index is 1.68. The number of nitrogens with zero attached hydrogens (tertiary/aromatic N) is 4. The number of benzene rings is 2. The summed E-state index contributed by atoms with van der Waals surface area (Å²) in [7, 11) is 3.18. The van der Waals surface area contributed by atoms with E-state index in [0.29, 0.717) is 16.9 Å². The van der Waals surface area contributed by atoms with E-state index in [1.54, 1.807) is 43.0 Å². The number of carbonyl (C=O) groups excluding carboxylic acids is 2. The third-order valence-electron chi connectivity index (χ3n) is 4.80. The number of hydrogen-bond donors (Lipinski definition) is 1. The third kappa shape index (κ3) is 3.50. The molecule has 2 aromatic heterocycles. The highest BCUT2D eigenvalue weighted by Crippen LogP contribution is 2.22. The molecule has 0 aliphatic heterocycles. The quantitative estimate of drug-likeness (QED) is 0.568. The van der Waals surface area contributed by atoms with Gasteiger partial charge >= 0.3 is 0 Å². The van der Waals surface area contributed by atoms with Crippen LogP contribution in [-0.2, 0) is 0 Å². The van der Waals surface area contributed by atoms with Gasteiger partial charge in [0.15, 0.2) is 5.65 Å². The predicted octanol–water partition coefficient (Wildman–Crippen LogP) is 3.17. The highest BCUT2D eigenvalue weighted by atomic mass is 19.1. The Morgan fingerprint density at radius 3 is 2.37 bits per heavy atom. The van der Waals surface area contributed by atoms with Crippen molar-refractivity contribution in [3.63, 3.8) is 0 Å². The zero-order valence-corrected chi connectivity index (χ0v) is 16.3. The van der Waals surface area contributed by atoms with Crippen LogP contribution in [0.3, 0.4) is 0 Å². The van der Waals surface area contributed by atoms with E-state index in [9.17, 15) is 14.0 Å². The molecule has 0 aliphatic carbocycles. The van der Waals surface area contributed by atoms with Crippen LogP contribution in [-0.4, -0.2) is 40.3 Å². The summed E-state index contributed by atoms with van der Waals surface area (Å²) in [4.78, 5) is 34.6. The van der Waals surface area contributed by atoms with Crippen LogP contribution in [0.2, 0.25) is 0 Å². The molecule has 8 heteroatoms. The van der Waals surface area contributed by atoms with Crippen molar-refractivity contribution in [1.82, 2.24) is 19.7 Å². The first-order valence-electron chi connectivity index (χ1n) is 9.17. The molecule has 0 radical (unpaired) electrons. The van der Waals surface area contributed by atoms with E-state index >= 15 is 0 Å². The lowest BCUT2D eigenvalue weighted by atomic mass is 10.1. The van der Waals surface area contributed by atoms with E-state index in [1.807, 2.05) is 12.1 Å². The Morgan fingerprint density at radius 2 is 1.70 bits per heavy atom. The van der Waals surface area contributed by atoms with Gasteiger partial charge in [0.05, 0.1) is 18.1 Å². The van der Waals surface area contributed by atoms with Crippen molar-refractivity contribution in [2.45, 2.75) is 0 Å². The number of anilines is 1. The number of imidazole rings is 1. The number of halogens is 1. The summed E-state index contributed by atoms with van der Waals surface area (Å²) >= 11 is 0. The monoisotopic (exact) mass is 403 g/mol. The first-order valence-corrected chi connectivity index (χ1v) is 9.17. The minimum atomic E-state index is -0.371. The van der Waals surface area contributed by atoms with Crippen LogP contribution >= 0.6 is 0 Å². The Bertz CT molecular complexity index is 1230. The van der Waals surface area contributed by atoms with Crippen molar-refractivity contribution >= 4 is 23.1 Å². The highest BCUT2D eigenvalue weighted by Gasteiger charge is 2.17. The van der Waals surface area contributed by atoms with Gasteiger partial charge in [0.1, 0.15) is 11.5 Å². The number of carbonyl (C=O) groups is 2. The van der Waals surface area contributed by atoms with Gasteiger partial charge in [0.25, 0.3) is 11.8 Å². The van der Waals surface area contributed by atoms with Gasteiger partial charge in [-0.2, -0.15) is 0 Å². The molecular weight excluding hydrogens is 385 g/mol. The molecule has 0 bridgehead atoms. The van der Waals surface area contributed by atoms with Crippen LogP contribution in [0.15, 0.2) is 67.1 Å². The molecule has 0 unspecified atom stereocenters. The van der Waals surface area contributed by atoms with E-state index in [1.165, 1.54) is 35.4 Å². The van der Waals surface area contributed by atoms with Gasteiger partial charge in [-0.3, -0.25) is 14.0 Å². The van der Waals surface area contributed by atoms with Crippen LogP contribution in [0.5, 0.6) is 0 Å². The minimum Gasteiger partial charge on any atom is -0.355 e. The smallest absolute Gasteiger partial charge is 0.278 e. The van der Waals surface area contributed by atoms with E-state index in [4.69, 9.17) is 0 Å². The average Bonchev–Trinajstić information content (AvgIpc) is 3.21. The van der Waals surface area contributed by atoms with Gasteiger partial charge in [-0.15, -0.1) is 0 Å². The van der Waals surface area contributed by atoms with Gasteiger partial charge in [-0.25, -0.2) is 14.4 Å². The Labute approximate surface area is 171 Å². The summed E-state index contributed by atoms with van der Waals surface area (Å²) in [6.07, 6.45) is 4.82. The Morgan fingerprint density at radius 1 is 1.00 bits per heavy atom. The lowest BCUT2D eigenvalue weighted by Crippen LogP contribution is -2.27. The molecule has 150 valence electrons. The molecule has 4 rings (SSSR count). The third-order valence-corrected chi connectivity index (χ3v) is 4.80. The fraction of sp³-hybridized carbons (Fsp3) is 0.0909. The molecule has 0 fully saturated rings. The lowest BCUT2D eigenvalue weighted by Gasteiger charge is -2.17. The van der Waals surface area contributed by atoms with Crippen LogP contribution < -0.4 is 10.2 Å². The second-order valence-corrected chi connectivity index (χ2v) is 6.64. The number of fused-ring (bicyclic) bond motifs is 1. The van der Waals surface area contributed by atoms with Crippen molar-refractivity contribution in [2.75, 3.05) is 19.0 Å².